The summed E-state index contributed by atoms with van der Waals surface area (Å²) in [6, 6.07) is 0.0651. The Hall–Kier alpha value is -0.870. The lowest BCUT2D eigenvalue weighted by Gasteiger charge is -2.17. The summed E-state index contributed by atoms with van der Waals surface area (Å²) < 4.78 is 2.09. The highest BCUT2D eigenvalue weighted by Gasteiger charge is 2.14. The van der Waals surface area contributed by atoms with Crippen molar-refractivity contribution in [3.63, 3.8) is 0 Å². The molecular weight excluding hydrogens is 176 g/mol. The summed E-state index contributed by atoms with van der Waals surface area (Å²) in [6.45, 7) is 5.84. The van der Waals surface area contributed by atoms with Crippen molar-refractivity contribution in [3.05, 3.63) is 18.2 Å². The summed E-state index contributed by atoms with van der Waals surface area (Å²) in [7, 11) is 0. The van der Waals surface area contributed by atoms with E-state index < -0.39 is 0 Å². The fourth-order valence-electron chi connectivity index (χ4n) is 1.40. The van der Waals surface area contributed by atoms with Crippen LogP contribution in [-0.2, 0) is 6.54 Å². The molecule has 0 aromatic carbocycles. The molecule has 0 amide bonds. The number of nitrogens with zero attached hydrogens (tertiary/aromatic N) is 2. The van der Waals surface area contributed by atoms with Gasteiger partial charge in [-0.2, -0.15) is 0 Å². The van der Waals surface area contributed by atoms with Gasteiger partial charge in [-0.3, -0.25) is 0 Å². The van der Waals surface area contributed by atoms with Gasteiger partial charge in [-0.25, -0.2) is 4.98 Å². The van der Waals surface area contributed by atoms with Crippen molar-refractivity contribution < 1.29 is 0 Å². The summed E-state index contributed by atoms with van der Waals surface area (Å²) in [5.74, 6) is 0.434. The van der Waals surface area contributed by atoms with Gasteiger partial charge in [-0.15, -0.1) is 0 Å². The average molecular weight is 196 g/mol. The van der Waals surface area contributed by atoms with Crippen LogP contribution in [-0.4, -0.2) is 16.1 Å². The van der Waals surface area contributed by atoms with E-state index in [1.165, 1.54) is 0 Å². The quantitative estimate of drug-likeness (QED) is 0.734. The van der Waals surface area contributed by atoms with E-state index in [4.69, 9.17) is 11.5 Å². The minimum Gasteiger partial charge on any atom is -0.333 e. The van der Waals surface area contributed by atoms with Gasteiger partial charge in [-0.05, 0) is 18.9 Å². The van der Waals surface area contributed by atoms with Crippen LogP contribution >= 0.6 is 0 Å². The zero-order chi connectivity index (χ0) is 10.6. The molecule has 0 saturated heterocycles. The number of rotatable bonds is 5. The number of hydrogen-bond acceptors (Lipinski definition) is 3. The second kappa shape index (κ2) is 5.12. The van der Waals surface area contributed by atoms with Crippen molar-refractivity contribution in [2.24, 2.45) is 17.4 Å². The fraction of sp³-hybridized carbons (Fsp3) is 0.700. The van der Waals surface area contributed by atoms with E-state index in [-0.39, 0.29) is 6.04 Å². The largest absolute Gasteiger partial charge is 0.333 e. The second-order valence-corrected chi connectivity index (χ2v) is 3.92. The Morgan fingerprint density at radius 2 is 2.21 bits per heavy atom. The number of nitrogens with two attached hydrogens (primary N) is 2. The van der Waals surface area contributed by atoms with Gasteiger partial charge in [0.2, 0.25) is 0 Å². The highest BCUT2D eigenvalue weighted by molar-refractivity contribution is 5.05. The summed E-state index contributed by atoms with van der Waals surface area (Å²) in [4.78, 5) is 4.12. The molecule has 1 heterocycles. The van der Waals surface area contributed by atoms with E-state index >= 15 is 0 Å². The molecule has 4 N–H and O–H groups in total. The molecule has 0 radical (unpaired) electrons. The van der Waals surface area contributed by atoms with Gasteiger partial charge in [0, 0.05) is 18.8 Å². The fourth-order valence-corrected chi connectivity index (χ4v) is 1.40. The highest BCUT2D eigenvalue weighted by Crippen LogP contribution is 2.18. The van der Waals surface area contributed by atoms with Crippen molar-refractivity contribution in [3.8, 4) is 0 Å². The predicted octanol–water partition coefficient (Wildman–Crippen LogP) is 0.888. The van der Waals surface area contributed by atoms with E-state index in [2.05, 4.69) is 23.4 Å². The van der Waals surface area contributed by atoms with Gasteiger partial charge in [0.05, 0.1) is 12.0 Å². The zero-order valence-electron chi connectivity index (χ0n) is 8.98. The molecule has 80 valence electrons. The third-order valence-electron chi connectivity index (χ3n) is 2.41. The summed E-state index contributed by atoms with van der Waals surface area (Å²) >= 11 is 0. The SMILES string of the molecule is CC(C)C(N)c1cncn1CCCN. The molecule has 0 spiro atoms. The predicted molar refractivity (Wildman–Crippen MR) is 57.7 cm³/mol. The lowest BCUT2D eigenvalue weighted by atomic mass is 10.0. The standard InChI is InChI=1S/C10H20N4/c1-8(2)10(12)9-6-13-7-14(9)5-3-4-11/h6-8,10H,3-5,11-12H2,1-2H3. The van der Waals surface area contributed by atoms with Crippen LogP contribution in [0, 0.1) is 5.92 Å². The summed E-state index contributed by atoms with van der Waals surface area (Å²) in [5, 5.41) is 0. The molecule has 0 fully saturated rings. The Labute approximate surface area is 85.3 Å². The third-order valence-corrected chi connectivity index (χ3v) is 2.41. The van der Waals surface area contributed by atoms with E-state index in [0.29, 0.717) is 12.5 Å². The van der Waals surface area contributed by atoms with Crippen molar-refractivity contribution in [2.75, 3.05) is 6.54 Å². The first-order valence-electron chi connectivity index (χ1n) is 5.12. The first kappa shape index (κ1) is 11.2. The molecule has 1 aromatic rings. The van der Waals surface area contributed by atoms with Crippen molar-refractivity contribution >= 4 is 0 Å². The van der Waals surface area contributed by atoms with Crippen LogP contribution in [0.15, 0.2) is 12.5 Å². The second-order valence-electron chi connectivity index (χ2n) is 3.92. The van der Waals surface area contributed by atoms with Crippen LogP contribution in [0.3, 0.4) is 0 Å². The monoisotopic (exact) mass is 196 g/mol. The number of aromatic nitrogens is 2. The topological polar surface area (TPSA) is 69.9 Å². The first-order valence-corrected chi connectivity index (χ1v) is 5.12. The maximum Gasteiger partial charge on any atom is 0.0948 e. The maximum absolute atomic E-state index is 6.06. The highest BCUT2D eigenvalue weighted by atomic mass is 15.1. The molecule has 4 nitrogen and oxygen atoms in total. The van der Waals surface area contributed by atoms with E-state index in [9.17, 15) is 0 Å². The van der Waals surface area contributed by atoms with Crippen LogP contribution in [0.5, 0.6) is 0 Å². The van der Waals surface area contributed by atoms with Crippen molar-refractivity contribution in [1.29, 1.82) is 0 Å². The molecule has 1 unspecified atom stereocenters. The van der Waals surface area contributed by atoms with Gasteiger partial charge in [0.15, 0.2) is 0 Å². The van der Waals surface area contributed by atoms with Gasteiger partial charge < -0.3 is 16.0 Å². The molecule has 0 aliphatic rings. The summed E-state index contributed by atoms with van der Waals surface area (Å²) in [5.41, 5.74) is 12.6. The first-order chi connectivity index (χ1) is 6.66. The molecule has 0 aliphatic carbocycles. The van der Waals surface area contributed by atoms with Crippen LogP contribution < -0.4 is 11.5 Å². The lowest BCUT2D eigenvalue weighted by molar-refractivity contribution is 0.474. The van der Waals surface area contributed by atoms with Gasteiger partial charge in [0.1, 0.15) is 0 Å². The number of aryl methyl sites for hydroxylation is 1. The molecular formula is C10H20N4. The lowest BCUT2D eigenvalue weighted by Crippen LogP contribution is -2.21. The van der Waals surface area contributed by atoms with Crippen molar-refractivity contribution in [2.45, 2.75) is 32.9 Å². The minimum atomic E-state index is 0.0651. The molecule has 1 aromatic heterocycles. The average Bonchev–Trinajstić information content (AvgIpc) is 2.61. The molecule has 0 aliphatic heterocycles. The Bertz CT molecular complexity index is 267. The van der Waals surface area contributed by atoms with E-state index in [1.807, 2.05) is 12.5 Å². The Balaban J connectivity index is 2.71. The minimum absolute atomic E-state index is 0.0651. The van der Waals surface area contributed by atoms with Crippen LogP contribution in [0.25, 0.3) is 0 Å². The Kier molecular flexibility index (Phi) is 4.10. The Morgan fingerprint density at radius 3 is 2.79 bits per heavy atom. The molecule has 0 bridgehead atoms. The third kappa shape index (κ3) is 2.56. The van der Waals surface area contributed by atoms with Crippen LogP contribution in [0.1, 0.15) is 32.0 Å². The molecule has 1 atom stereocenters. The van der Waals surface area contributed by atoms with E-state index in [0.717, 1.165) is 18.7 Å². The van der Waals surface area contributed by atoms with E-state index in [1.54, 1.807) is 0 Å². The maximum atomic E-state index is 6.06. The number of hydrogen-bond donors (Lipinski definition) is 2. The smallest absolute Gasteiger partial charge is 0.0948 e. The molecule has 14 heavy (non-hydrogen) atoms. The molecule has 1 rings (SSSR count). The Morgan fingerprint density at radius 1 is 1.50 bits per heavy atom. The summed E-state index contributed by atoms with van der Waals surface area (Å²) in [6.07, 6.45) is 4.64. The van der Waals surface area contributed by atoms with Gasteiger partial charge in [-0.1, -0.05) is 13.8 Å². The number of imidazole rings is 1. The zero-order valence-corrected chi connectivity index (χ0v) is 8.98. The normalized spacial score (nSPS) is 13.5. The van der Waals surface area contributed by atoms with Gasteiger partial charge >= 0.3 is 0 Å². The molecule has 0 saturated carbocycles. The van der Waals surface area contributed by atoms with Crippen LogP contribution in [0.2, 0.25) is 0 Å². The van der Waals surface area contributed by atoms with Gasteiger partial charge in [0.25, 0.3) is 0 Å². The molecule has 4 heteroatoms. The van der Waals surface area contributed by atoms with Crippen molar-refractivity contribution in [1.82, 2.24) is 9.55 Å². The van der Waals surface area contributed by atoms with Crippen LogP contribution in [0.4, 0.5) is 0 Å².